The summed E-state index contributed by atoms with van der Waals surface area (Å²) in [6.45, 7) is 3.78. The average molecular weight is 263 g/mol. The van der Waals surface area contributed by atoms with Crippen molar-refractivity contribution in [2.45, 2.75) is 13.8 Å². The molecule has 0 amide bonds. The van der Waals surface area contributed by atoms with Crippen LogP contribution in [0.2, 0.25) is 0 Å². The molecule has 3 nitrogen and oxygen atoms in total. The van der Waals surface area contributed by atoms with Crippen LogP contribution in [0.3, 0.4) is 0 Å². The van der Waals surface area contributed by atoms with E-state index in [0.717, 1.165) is 11.1 Å². The van der Waals surface area contributed by atoms with E-state index in [1.807, 2.05) is 32.0 Å². The van der Waals surface area contributed by atoms with Crippen molar-refractivity contribution in [1.29, 1.82) is 0 Å². The van der Waals surface area contributed by atoms with Crippen LogP contribution in [0.15, 0.2) is 42.5 Å². The molecule has 0 heterocycles. The third-order valence-electron chi connectivity index (χ3n) is 2.27. The molecule has 0 bridgehead atoms. The molecule has 0 fully saturated rings. The second-order valence-corrected chi connectivity index (χ2v) is 3.76. The van der Waals surface area contributed by atoms with Crippen molar-refractivity contribution in [2.75, 3.05) is 0 Å². The van der Waals surface area contributed by atoms with E-state index < -0.39 is 0 Å². The van der Waals surface area contributed by atoms with Crippen molar-refractivity contribution in [1.82, 2.24) is 0 Å². The molecule has 2 rings (SSSR count). The van der Waals surface area contributed by atoms with Crippen LogP contribution in [0.4, 0.5) is 0 Å². The summed E-state index contributed by atoms with van der Waals surface area (Å²) in [5.74, 6) is 0.590. The van der Waals surface area contributed by atoms with Crippen LogP contribution in [0.1, 0.15) is 11.1 Å². The number of aromatic hydroxyl groups is 3. The van der Waals surface area contributed by atoms with Gasteiger partial charge in [0.25, 0.3) is 0 Å². The number of hydrogen-bond donors (Lipinski definition) is 3. The molecule has 0 aliphatic rings. The van der Waals surface area contributed by atoms with E-state index in [4.69, 9.17) is 10.2 Å². The van der Waals surface area contributed by atoms with Gasteiger partial charge in [0, 0.05) is 16.0 Å². The highest BCUT2D eigenvalue weighted by Crippen LogP contribution is 2.19. The van der Waals surface area contributed by atoms with E-state index in [1.165, 1.54) is 18.2 Å². The van der Waals surface area contributed by atoms with Gasteiger partial charge in [-0.25, -0.2) is 0 Å². The Labute approximate surface area is 110 Å². The number of aryl methyl sites for hydroxylation is 2. The topological polar surface area (TPSA) is 60.7 Å². The van der Waals surface area contributed by atoms with Crippen LogP contribution in [-0.2, 0) is 0 Å². The van der Waals surface area contributed by atoms with Crippen molar-refractivity contribution in [3.05, 3.63) is 53.6 Å². The average Bonchev–Trinajstić information content (AvgIpc) is 2.26. The molecule has 0 saturated carbocycles. The molecule has 2 aromatic carbocycles. The first-order valence-corrected chi connectivity index (χ1v) is 5.24. The normalized spacial score (nSPS) is 8.78. The van der Waals surface area contributed by atoms with Crippen LogP contribution in [0.25, 0.3) is 0 Å². The summed E-state index contributed by atoms with van der Waals surface area (Å²) < 4.78 is 0. The molecule has 0 aliphatic carbocycles. The lowest BCUT2D eigenvalue weighted by atomic mass is 10.1. The SMILES string of the molecule is Cc1cccc(C)c1O.Oc1cccc(O)c1.[P]. The van der Waals surface area contributed by atoms with Gasteiger partial charge in [0.05, 0.1) is 0 Å². The van der Waals surface area contributed by atoms with Crippen molar-refractivity contribution in [3.8, 4) is 17.2 Å². The molecule has 0 aromatic heterocycles. The molecular weight excluding hydrogens is 247 g/mol. The Morgan fingerprint density at radius 1 is 0.722 bits per heavy atom. The lowest BCUT2D eigenvalue weighted by Crippen LogP contribution is -1.76. The van der Waals surface area contributed by atoms with Gasteiger partial charge in [0.15, 0.2) is 0 Å². The van der Waals surface area contributed by atoms with Gasteiger partial charge in [-0.05, 0) is 37.1 Å². The molecule has 3 N–H and O–H groups in total. The predicted molar refractivity (Wildman–Crippen MR) is 74.3 cm³/mol. The quantitative estimate of drug-likeness (QED) is 0.630. The number of para-hydroxylation sites is 1. The molecule has 3 radical (unpaired) electrons. The summed E-state index contributed by atoms with van der Waals surface area (Å²) in [5, 5.41) is 26.5. The van der Waals surface area contributed by atoms with Gasteiger partial charge < -0.3 is 15.3 Å². The highest BCUT2D eigenvalue weighted by molar-refractivity contribution is 6.92. The Morgan fingerprint density at radius 3 is 1.39 bits per heavy atom. The Morgan fingerprint density at radius 2 is 1.11 bits per heavy atom. The Kier molecular flexibility index (Phi) is 6.84. The summed E-state index contributed by atoms with van der Waals surface area (Å²) in [7, 11) is 0. The smallest absolute Gasteiger partial charge is 0.121 e. The standard InChI is InChI=1S/C8H10O.C6H6O2.P/c1-6-4-3-5-7(2)8(6)9;7-5-2-1-3-6(8)4-5;/h3-5,9H,1-2H3;1-4,7-8H;. The fourth-order valence-corrected chi connectivity index (χ4v) is 1.30. The maximum absolute atomic E-state index is 9.21. The van der Waals surface area contributed by atoms with E-state index in [1.54, 1.807) is 6.07 Å². The molecule has 2 aromatic rings. The first kappa shape index (κ1) is 16.3. The molecular formula is C14H16O3P. The molecule has 0 spiro atoms. The molecule has 0 unspecified atom stereocenters. The van der Waals surface area contributed by atoms with Crippen LogP contribution < -0.4 is 0 Å². The summed E-state index contributed by atoms with van der Waals surface area (Å²) in [6, 6.07) is 11.6. The van der Waals surface area contributed by atoms with Crippen molar-refractivity contribution >= 4 is 9.90 Å². The third kappa shape index (κ3) is 5.07. The minimum atomic E-state index is 0. The van der Waals surface area contributed by atoms with Gasteiger partial charge in [-0.2, -0.15) is 0 Å². The zero-order valence-electron chi connectivity index (χ0n) is 10.3. The van der Waals surface area contributed by atoms with Gasteiger partial charge in [-0.1, -0.05) is 24.3 Å². The summed E-state index contributed by atoms with van der Waals surface area (Å²) in [4.78, 5) is 0. The minimum absolute atomic E-state index is 0. The highest BCUT2D eigenvalue weighted by atomic mass is 31.0. The van der Waals surface area contributed by atoms with Crippen LogP contribution in [0.5, 0.6) is 17.2 Å². The fraction of sp³-hybridized carbons (Fsp3) is 0.143. The van der Waals surface area contributed by atoms with Crippen LogP contribution >= 0.6 is 9.90 Å². The maximum Gasteiger partial charge on any atom is 0.121 e. The van der Waals surface area contributed by atoms with Crippen LogP contribution in [0, 0.1) is 13.8 Å². The zero-order chi connectivity index (χ0) is 12.8. The molecule has 0 saturated heterocycles. The lowest BCUT2D eigenvalue weighted by molar-refractivity contribution is 0.450. The molecule has 0 atom stereocenters. The maximum atomic E-state index is 9.21. The first-order chi connectivity index (χ1) is 8.00. The van der Waals surface area contributed by atoms with Gasteiger partial charge >= 0.3 is 0 Å². The minimum Gasteiger partial charge on any atom is -0.508 e. The van der Waals surface area contributed by atoms with E-state index >= 15 is 0 Å². The zero-order valence-corrected chi connectivity index (χ0v) is 11.2. The fourth-order valence-electron chi connectivity index (χ4n) is 1.30. The number of rotatable bonds is 0. The van der Waals surface area contributed by atoms with E-state index in [9.17, 15) is 5.11 Å². The Balaban J connectivity index is 0.000000306. The van der Waals surface area contributed by atoms with Gasteiger partial charge in [0.2, 0.25) is 0 Å². The lowest BCUT2D eigenvalue weighted by Gasteiger charge is -1.99. The van der Waals surface area contributed by atoms with Gasteiger partial charge in [-0.15, -0.1) is 0 Å². The summed E-state index contributed by atoms with van der Waals surface area (Å²) >= 11 is 0. The van der Waals surface area contributed by atoms with Crippen molar-refractivity contribution < 1.29 is 15.3 Å². The number of benzene rings is 2. The van der Waals surface area contributed by atoms with Crippen LogP contribution in [-0.4, -0.2) is 15.3 Å². The number of phenols is 3. The van der Waals surface area contributed by atoms with Crippen molar-refractivity contribution in [3.63, 3.8) is 0 Å². The van der Waals surface area contributed by atoms with Gasteiger partial charge in [0.1, 0.15) is 17.2 Å². The summed E-state index contributed by atoms with van der Waals surface area (Å²) in [6.07, 6.45) is 0. The molecule has 0 aliphatic heterocycles. The monoisotopic (exact) mass is 263 g/mol. The highest BCUT2D eigenvalue weighted by Gasteiger charge is 1.95. The van der Waals surface area contributed by atoms with E-state index in [-0.39, 0.29) is 21.4 Å². The Hall–Kier alpha value is -1.73. The Bertz CT molecular complexity index is 461. The largest absolute Gasteiger partial charge is 0.508 e. The van der Waals surface area contributed by atoms with E-state index in [2.05, 4.69) is 0 Å². The first-order valence-electron chi connectivity index (χ1n) is 5.24. The second kappa shape index (κ2) is 7.57. The number of hydrogen-bond acceptors (Lipinski definition) is 3. The summed E-state index contributed by atoms with van der Waals surface area (Å²) in [5.41, 5.74) is 1.88. The van der Waals surface area contributed by atoms with E-state index in [0.29, 0.717) is 5.75 Å². The van der Waals surface area contributed by atoms with Crippen molar-refractivity contribution in [2.24, 2.45) is 0 Å². The second-order valence-electron chi connectivity index (χ2n) is 3.76. The molecule has 95 valence electrons. The molecule has 18 heavy (non-hydrogen) atoms. The number of phenolic OH excluding ortho intramolecular Hbond substituents is 3. The van der Waals surface area contributed by atoms with Gasteiger partial charge in [-0.3, -0.25) is 0 Å². The predicted octanol–water partition coefficient (Wildman–Crippen LogP) is 3.97. The molecule has 4 heteroatoms. The third-order valence-corrected chi connectivity index (χ3v) is 2.27.